The summed E-state index contributed by atoms with van der Waals surface area (Å²) < 4.78 is 117. The van der Waals surface area contributed by atoms with Crippen molar-refractivity contribution in [1.82, 2.24) is 0 Å². The molecule has 0 bridgehead atoms. The van der Waals surface area contributed by atoms with Crippen LogP contribution < -0.4 is 0 Å². The molecule has 0 aliphatic rings. The summed E-state index contributed by atoms with van der Waals surface area (Å²) in [6.07, 6.45) is -17.4. The van der Waals surface area contributed by atoms with Crippen LogP contribution in [0.25, 0.3) is 0 Å². The second-order valence-corrected chi connectivity index (χ2v) is 4.22. The normalized spacial score (nSPS) is 17.6. The molecule has 0 aliphatic heterocycles. The highest BCUT2D eigenvalue weighted by Gasteiger charge is 2.77. The van der Waals surface area contributed by atoms with E-state index in [1.165, 1.54) is 0 Å². The molecule has 0 spiro atoms. The molecular weight excluding hydrogens is 339 g/mol. The number of hydrogen-bond acceptors (Lipinski definition) is 3. The van der Waals surface area contributed by atoms with Crippen molar-refractivity contribution in [2.45, 2.75) is 36.9 Å². The summed E-state index contributed by atoms with van der Waals surface area (Å²) in [4.78, 5) is 10.9. The molecule has 0 radical (unpaired) electrons. The molecular formula is C10H9F9O3. The van der Waals surface area contributed by atoms with Crippen molar-refractivity contribution in [2.75, 3.05) is 6.67 Å². The number of halogens is 9. The van der Waals surface area contributed by atoms with Gasteiger partial charge in [-0.15, -0.1) is 0 Å². The molecule has 1 N–H and O–H groups in total. The van der Waals surface area contributed by atoms with E-state index in [2.05, 4.69) is 11.3 Å². The third-order valence-electron chi connectivity index (χ3n) is 2.41. The van der Waals surface area contributed by atoms with Gasteiger partial charge in [0.1, 0.15) is 6.67 Å². The van der Waals surface area contributed by atoms with Crippen LogP contribution in [0.3, 0.4) is 0 Å². The highest BCUT2D eigenvalue weighted by Crippen LogP contribution is 2.48. The molecule has 0 aromatic carbocycles. The Kier molecular flexibility index (Phi) is 5.57. The first-order valence-corrected chi connectivity index (χ1v) is 5.18. The maximum Gasteiger partial charge on any atom is 0.431 e. The minimum absolute atomic E-state index is 0.735. The van der Waals surface area contributed by atoms with Gasteiger partial charge in [-0.2, -0.15) is 35.1 Å². The second-order valence-electron chi connectivity index (χ2n) is 4.22. The van der Waals surface area contributed by atoms with Gasteiger partial charge >= 0.3 is 24.2 Å². The van der Waals surface area contributed by atoms with Crippen LogP contribution >= 0.6 is 0 Å². The summed E-state index contributed by atoms with van der Waals surface area (Å²) in [6.45, 7) is 0.202. The zero-order chi connectivity index (χ0) is 18.1. The van der Waals surface area contributed by atoms with E-state index in [0.29, 0.717) is 0 Å². The van der Waals surface area contributed by atoms with Crippen LogP contribution in [0.4, 0.5) is 39.5 Å². The zero-order valence-electron chi connectivity index (χ0n) is 10.7. The fourth-order valence-corrected chi connectivity index (χ4v) is 1.12. The minimum Gasteiger partial charge on any atom is -0.443 e. The second kappa shape index (κ2) is 5.97. The van der Waals surface area contributed by atoms with Crippen molar-refractivity contribution >= 4 is 5.97 Å². The van der Waals surface area contributed by atoms with Crippen molar-refractivity contribution in [2.24, 2.45) is 0 Å². The van der Waals surface area contributed by atoms with Crippen molar-refractivity contribution in [3.8, 4) is 0 Å². The first kappa shape index (κ1) is 20.5. The summed E-state index contributed by atoms with van der Waals surface area (Å²) in [7, 11) is 0. The Morgan fingerprint density at radius 1 is 1.14 bits per heavy atom. The van der Waals surface area contributed by atoms with Crippen molar-refractivity contribution < 1.29 is 54.2 Å². The molecule has 2 atom stereocenters. The average Bonchev–Trinajstić information content (AvgIpc) is 2.30. The number of alkyl halides is 9. The molecule has 0 rings (SSSR count). The molecule has 0 amide bonds. The van der Waals surface area contributed by atoms with Crippen LogP contribution in [0.15, 0.2) is 12.2 Å². The van der Waals surface area contributed by atoms with Gasteiger partial charge in [0, 0.05) is 5.57 Å². The van der Waals surface area contributed by atoms with Crippen molar-refractivity contribution in [3.63, 3.8) is 0 Å². The summed E-state index contributed by atoms with van der Waals surface area (Å²) >= 11 is 0. The Morgan fingerprint density at radius 3 is 1.77 bits per heavy atom. The molecule has 0 aromatic heterocycles. The number of aliphatic hydroxyl groups is 1. The fraction of sp³-hybridized carbons (Fsp3) is 0.700. The first-order valence-electron chi connectivity index (χ1n) is 5.18. The fourth-order valence-electron chi connectivity index (χ4n) is 1.12. The lowest BCUT2D eigenvalue weighted by Crippen LogP contribution is -2.68. The van der Waals surface area contributed by atoms with Crippen molar-refractivity contribution in [3.05, 3.63) is 12.2 Å². The van der Waals surface area contributed by atoms with E-state index in [-0.39, 0.29) is 0 Å². The molecule has 130 valence electrons. The van der Waals surface area contributed by atoms with E-state index in [1.807, 2.05) is 0 Å². The molecule has 3 nitrogen and oxygen atoms in total. The molecule has 12 heteroatoms. The highest BCUT2D eigenvalue weighted by molar-refractivity contribution is 5.87. The number of rotatable bonds is 5. The predicted molar refractivity (Wildman–Crippen MR) is 52.7 cm³/mol. The molecule has 0 aromatic rings. The monoisotopic (exact) mass is 348 g/mol. The van der Waals surface area contributed by atoms with Gasteiger partial charge in [0.25, 0.3) is 11.7 Å². The van der Waals surface area contributed by atoms with Gasteiger partial charge in [0.2, 0.25) is 0 Å². The van der Waals surface area contributed by atoms with Gasteiger partial charge in [-0.3, -0.25) is 0 Å². The van der Waals surface area contributed by atoms with Gasteiger partial charge in [-0.25, -0.2) is 9.18 Å². The summed E-state index contributed by atoms with van der Waals surface area (Å²) in [5.74, 6) is -8.34. The number of carbonyl (C=O) groups is 1. The summed E-state index contributed by atoms with van der Waals surface area (Å²) in [5.41, 5.74) is -6.53. The zero-order valence-corrected chi connectivity index (χ0v) is 10.7. The SMILES string of the molecule is C=C(C)C(=O)OC(C(F)(F)F)C(F)(F)C(O)(CF)C(F)(F)F. The molecule has 0 aliphatic carbocycles. The quantitative estimate of drug-likeness (QED) is 0.472. The summed E-state index contributed by atoms with van der Waals surface area (Å²) in [5, 5.41) is 8.71. The van der Waals surface area contributed by atoms with Gasteiger partial charge in [-0.1, -0.05) is 6.58 Å². The third-order valence-corrected chi connectivity index (χ3v) is 2.41. The maximum absolute atomic E-state index is 13.5. The maximum atomic E-state index is 13.5. The smallest absolute Gasteiger partial charge is 0.431 e. The largest absolute Gasteiger partial charge is 0.443 e. The van der Waals surface area contributed by atoms with E-state index >= 15 is 0 Å². The Bertz CT molecular complexity index is 440. The van der Waals surface area contributed by atoms with E-state index in [0.717, 1.165) is 6.92 Å². The van der Waals surface area contributed by atoms with Crippen LogP contribution in [0.5, 0.6) is 0 Å². The Hall–Kier alpha value is -1.46. The van der Waals surface area contributed by atoms with E-state index in [4.69, 9.17) is 5.11 Å². The van der Waals surface area contributed by atoms with E-state index in [9.17, 15) is 44.3 Å². The molecule has 0 saturated carbocycles. The number of hydrogen-bond donors (Lipinski definition) is 1. The third kappa shape index (κ3) is 3.65. The topological polar surface area (TPSA) is 46.5 Å². The Labute approximate surface area is 117 Å². The average molecular weight is 348 g/mol. The Morgan fingerprint density at radius 2 is 1.55 bits per heavy atom. The number of carbonyl (C=O) groups excluding carboxylic acids is 1. The highest BCUT2D eigenvalue weighted by atomic mass is 19.4. The van der Waals surface area contributed by atoms with Crippen LogP contribution in [-0.2, 0) is 9.53 Å². The molecule has 22 heavy (non-hydrogen) atoms. The van der Waals surface area contributed by atoms with Crippen LogP contribution in [0.2, 0.25) is 0 Å². The number of ether oxygens (including phenoxy) is 1. The van der Waals surface area contributed by atoms with Crippen LogP contribution in [-0.4, -0.2) is 47.7 Å². The minimum atomic E-state index is -6.47. The van der Waals surface area contributed by atoms with E-state index in [1.54, 1.807) is 0 Å². The predicted octanol–water partition coefficient (Wildman–Crippen LogP) is 2.93. The standard InChI is InChI=1S/C10H9F9O3/c1-4(2)5(20)22-6(9(14,15)16)8(12,13)7(21,3-11)10(17,18)19/h6,21H,1,3H2,2H3. The molecule has 0 fully saturated rings. The van der Waals surface area contributed by atoms with Crippen LogP contribution in [0, 0.1) is 0 Å². The van der Waals surface area contributed by atoms with Crippen molar-refractivity contribution in [1.29, 1.82) is 0 Å². The van der Waals surface area contributed by atoms with Gasteiger partial charge < -0.3 is 9.84 Å². The first-order chi connectivity index (χ1) is 9.52. The lowest BCUT2D eigenvalue weighted by atomic mass is 9.91. The summed E-state index contributed by atoms with van der Waals surface area (Å²) in [6, 6.07) is 0. The lowest BCUT2D eigenvalue weighted by Gasteiger charge is -2.39. The van der Waals surface area contributed by atoms with Gasteiger partial charge in [0.15, 0.2) is 0 Å². The number of esters is 1. The van der Waals surface area contributed by atoms with Crippen LogP contribution in [0.1, 0.15) is 6.92 Å². The Balaban J connectivity index is 6.01. The molecule has 0 saturated heterocycles. The molecule has 0 heterocycles. The van der Waals surface area contributed by atoms with E-state index < -0.39 is 48.2 Å². The lowest BCUT2D eigenvalue weighted by molar-refractivity contribution is -0.379. The van der Waals surface area contributed by atoms with Gasteiger partial charge in [-0.05, 0) is 6.92 Å². The molecule has 2 unspecified atom stereocenters. The van der Waals surface area contributed by atoms with Gasteiger partial charge in [0.05, 0.1) is 0 Å².